The highest BCUT2D eigenvalue weighted by molar-refractivity contribution is 7.85. The second-order valence-corrected chi connectivity index (χ2v) is 5.61. The first-order chi connectivity index (χ1) is 7.25. The summed E-state index contributed by atoms with van der Waals surface area (Å²) in [6, 6.07) is 8.44. The summed E-state index contributed by atoms with van der Waals surface area (Å²) in [6.45, 7) is 3.13. The maximum absolute atomic E-state index is 12.0. The van der Waals surface area contributed by atoms with Gasteiger partial charge in [-0.15, -0.1) is 0 Å². The summed E-state index contributed by atoms with van der Waals surface area (Å²) in [5, 5.41) is 3.38. The van der Waals surface area contributed by atoms with Gasteiger partial charge in [0.1, 0.15) is 0 Å². The quantitative estimate of drug-likeness (QED) is 0.847. The third-order valence-corrected chi connectivity index (χ3v) is 4.30. The average molecular weight is 223 g/mol. The first-order valence-corrected chi connectivity index (χ1v) is 6.76. The molecule has 1 saturated heterocycles. The standard InChI is InChI=1S/C12H17NOS/c1-10-4-6-12(7-5-10)15(14)9-11-3-2-8-13-11/h4-7,11,13H,2-3,8-9H2,1H3. The molecule has 15 heavy (non-hydrogen) atoms. The van der Waals surface area contributed by atoms with Crippen LogP contribution in [0.4, 0.5) is 0 Å². The van der Waals surface area contributed by atoms with Gasteiger partial charge < -0.3 is 5.32 Å². The van der Waals surface area contributed by atoms with E-state index in [1.807, 2.05) is 31.2 Å². The van der Waals surface area contributed by atoms with Gasteiger partial charge in [-0.25, -0.2) is 0 Å². The predicted molar refractivity (Wildman–Crippen MR) is 63.5 cm³/mol. The van der Waals surface area contributed by atoms with E-state index in [0.29, 0.717) is 6.04 Å². The molecular formula is C12H17NOS. The number of benzene rings is 1. The minimum atomic E-state index is -0.844. The fourth-order valence-electron chi connectivity index (χ4n) is 1.87. The number of rotatable bonds is 3. The van der Waals surface area contributed by atoms with E-state index in [0.717, 1.165) is 23.6 Å². The van der Waals surface area contributed by atoms with Crippen LogP contribution in [0.3, 0.4) is 0 Å². The molecule has 0 saturated carbocycles. The van der Waals surface area contributed by atoms with Crippen LogP contribution in [-0.4, -0.2) is 22.5 Å². The molecule has 2 nitrogen and oxygen atoms in total. The Labute approximate surface area is 93.5 Å². The van der Waals surface area contributed by atoms with Crippen LogP contribution >= 0.6 is 0 Å². The summed E-state index contributed by atoms with van der Waals surface area (Å²) in [7, 11) is -0.844. The lowest BCUT2D eigenvalue weighted by Gasteiger charge is -2.09. The van der Waals surface area contributed by atoms with Crippen molar-refractivity contribution in [3.63, 3.8) is 0 Å². The van der Waals surface area contributed by atoms with E-state index >= 15 is 0 Å². The van der Waals surface area contributed by atoms with Crippen LogP contribution in [0.1, 0.15) is 18.4 Å². The molecule has 1 aliphatic heterocycles. The van der Waals surface area contributed by atoms with E-state index in [1.54, 1.807) is 0 Å². The van der Waals surface area contributed by atoms with E-state index < -0.39 is 10.8 Å². The van der Waals surface area contributed by atoms with Crippen molar-refractivity contribution in [1.82, 2.24) is 5.32 Å². The highest BCUT2D eigenvalue weighted by atomic mass is 32.2. The zero-order valence-electron chi connectivity index (χ0n) is 9.03. The minimum absolute atomic E-state index is 0.451. The SMILES string of the molecule is Cc1ccc(S(=O)CC2CCCN2)cc1. The summed E-state index contributed by atoms with van der Waals surface area (Å²) in [5.74, 6) is 0.753. The van der Waals surface area contributed by atoms with Crippen LogP contribution in [0.25, 0.3) is 0 Å². The number of hydrogen-bond acceptors (Lipinski definition) is 2. The summed E-state index contributed by atoms with van der Waals surface area (Å²) in [5.41, 5.74) is 1.22. The van der Waals surface area contributed by atoms with E-state index in [4.69, 9.17) is 0 Å². The molecule has 2 rings (SSSR count). The van der Waals surface area contributed by atoms with Crippen molar-refractivity contribution in [2.24, 2.45) is 0 Å². The predicted octanol–water partition coefficient (Wildman–Crippen LogP) is 1.85. The lowest BCUT2D eigenvalue weighted by molar-refractivity contribution is 0.643. The molecule has 1 heterocycles. The summed E-state index contributed by atoms with van der Waals surface area (Å²) >= 11 is 0. The van der Waals surface area contributed by atoms with Gasteiger partial charge in [0, 0.05) is 16.7 Å². The molecule has 1 aliphatic rings. The fraction of sp³-hybridized carbons (Fsp3) is 0.500. The molecule has 0 spiro atoms. The molecule has 1 aromatic carbocycles. The minimum Gasteiger partial charge on any atom is -0.313 e. The van der Waals surface area contributed by atoms with Gasteiger partial charge in [-0.05, 0) is 38.4 Å². The smallest absolute Gasteiger partial charge is 0.0545 e. The Bertz CT molecular complexity index is 341. The van der Waals surface area contributed by atoms with E-state index in [-0.39, 0.29) is 0 Å². The fourth-order valence-corrected chi connectivity index (χ4v) is 3.15. The Balaban J connectivity index is 1.98. The van der Waals surface area contributed by atoms with Gasteiger partial charge in [-0.1, -0.05) is 17.7 Å². The normalized spacial score (nSPS) is 22.9. The molecule has 2 unspecified atom stereocenters. The lowest BCUT2D eigenvalue weighted by Crippen LogP contribution is -2.27. The highest BCUT2D eigenvalue weighted by Gasteiger charge is 2.17. The van der Waals surface area contributed by atoms with Crippen LogP contribution in [-0.2, 0) is 10.8 Å². The second-order valence-electron chi connectivity index (χ2n) is 4.12. The Hall–Kier alpha value is -0.670. The molecule has 0 amide bonds. The van der Waals surface area contributed by atoms with Gasteiger partial charge in [-0.2, -0.15) is 0 Å². The first kappa shape index (κ1) is 10.8. The second kappa shape index (κ2) is 4.90. The lowest BCUT2D eigenvalue weighted by atomic mass is 10.2. The molecular weight excluding hydrogens is 206 g/mol. The van der Waals surface area contributed by atoms with Crippen molar-refractivity contribution in [3.8, 4) is 0 Å². The van der Waals surface area contributed by atoms with Crippen molar-refractivity contribution in [1.29, 1.82) is 0 Å². The number of aryl methyl sites for hydroxylation is 1. The molecule has 0 aromatic heterocycles. The van der Waals surface area contributed by atoms with Crippen LogP contribution in [0.5, 0.6) is 0 Å². The van der Waals surface area contributed by atoms with Gasteiger partial charge in [0.25, 0.3) is 0 Å². The van der Waals surface area contributed by atoms with Gasteiger partial charge in [-0.3, -0.25) is 4.21 Å². The third kappa shape index (κ3) is 2.89. The van der Waals surface area contributed by atoms with Crippen molar-refractivity contribution in [2.45, 2.75) is 30.7 Å². The number of nitrogens with one attached hydrogen (secondary N) is 1. The van der Waals surface area contributed by atoms with Crippen LogP contribution < -0.4 is 5.32 Å². The molecule has 3 heteroatoms. The van der Waals surface area contributed by atoms with E-state index in [9.17, 15) is 4.21 Å². The molecule has 0 radical (unpaired) electrons. The Kier molecular flexibility index (Phi) is 3.54. The monoisotopic (exact) mass is 223 g/mol. The van der Waals surface area contributed by atoms with E-state index in [1.165, 1.54) is 12.0 Å². The highest BCUT2D eigenvalue weighted by Crippen LogP contribution is 2.13. The van der Waals surface area contributed by atoms with Crippen LogP contribution in [0, 0.1) is 6.92 Å². The molecule has 1 N–H and O–H groups in total. The molecule has 1 fully saturated rings. The third-order valence-electron chi connectivity index (χ3n) is 2.80. The molecule has 2 atom stereocenters. The molecule has 0 bridgehead atoms. The van der Waals surface area contributed by atoms with Gasteiger partial charge in [0.05, 0.1) is 10.8 Å². The summed E-state index contributed by atoms with van der Waals surface area (Å²) in [6.07, 6.45) is 2.38. The van der Waals surface area contributed by atoms with Gasteiger partial charge in [0.15, 0.2) is 0 Å². The van der Waals surface area contributed by atoms with Crippen LogP contribution in [0.15, 0.2) is 29.2 Å². The molecule has 82 valence electrons. The van der Waals surface area contributed by atoms with E-state index in [2.05, 4.69) is 5.32 Å². The maximum atomic E-state index is 12.0. The maximum Gasteiger partial charge on any atom is 0.0545 e. The van der Waals surface area contributed by atoms with Gasteiger partial charge in [0.2, 0.25) is 0 Å². The van der Waals surface area contributed by atoms with Crippen molar-refractivity contribution in [3.05, 3.63) is 29.8 Å². The topological polar surface area (TPSA) is 29.1 Å². The largest absolute Gasteiger partial charge is 0.313 e. The molecule has 0 aliphatic carbocycles. The molecule has 1 aromatic rings. The zero-order valence-corrected chi connectivity index (χ0v) is 9.85. The summed E-state index contributed by atoms with van der Waals surface area (Å²) in [4.78, 5) is 0.953. The average Bonchev–Trinajstić information content (AvgIpc) is 2.71. The Morgan fingerprint density at radius 3 is 2.73 bits per heavy atom. The zero-order chi connectivity index (χ0) is 10.7. The van der Waals surface area contributed by atoms with Crippen molar-refractivity contribution < 1.29 is 4.21 Å². The Morgan fingerprint density at radius 2 is 2.13 bits per heavy atom. The number of hydrogen-bond donors (Lipinski definition) is 1. The van der Waals surface area contributed by atoms with Crippen LogP contribution in [0.2, 0.25) is 0 Å². The first-order valence-electron chi connectivity index (χ1n) is 5.44. The van der Waals surface area contributed by atoms with Crippen molar-refractivity contribution >= 4 is 10.8 Å². The van der Waals surface area contributed by atoms with Gasteiger partial charge >= 0.3 is 0 Å². The Morgan fingerprint density at radius 1 is 1.40 bits per heavy atom. The summed E-state index contributed by atoms with van der Waals surface area (Å²) < 4.78 is 12.0. The van der Waals surface area contributed by atoms with Crippen molar-refractivity contribution in [2.75, 3.05) is 12.3 Å².